The zero-order chi connectivity index (χ0) is 14.8. The first-order valence-electron chi connectivity index (χ1n) is 7.11. The topological polar surface area (TPSA) is 42.7 Å². The Kier molecular flexibility index (Phi) is 4.67. The average molecular weight is 290 g/mol. The molecular formula is C13H21F3N4. The Bertz CT molecular complexity index is 441. The van der Waals surface area contributed by atoms with E-state index in [4.69, 9.17) is 0 Å². The minimum Gasteiger partial charge on any atom is -0.314 e. The summed E-state index contributed by atoms with van der Waals surface area (Å²) < 4.78 is 38.4. The van der Waals surface area contributed by atoms with Crippen LogP contribution in [0.5, 0.6) is 0 Å². The van der Waals surface area contributed by atoms with Crippen molar-refractivity contribution in [2.75, 3.05) is 0 Å². The van der Waals surface area contributed by atoms with Gasteiger partial charge in [0.1, 0.15) is 11.6 Å². The van der Waals surface area contributed by atoms with Crippen molar-refractivity contribution in [3.8, 4) is 0 Å². The third-order valence-corrected chi connectivity index (χ3v) is 3.66. The van der Waals surface area contributed by atoms with Gasteiger partial charge >= 0.3 is 6.18 Å². The Morgan fingerprint density at radius 1 is 1.30 bits per heavy atom. The number of halogens is 3. The lowest BCUT2D eigenvalue weighted by atomic mass is 10.1. The van der Waals surface area contributed by atoms with E-state index in [1.54, 1.807) is 0 Å². The first-order chi connectivity index (χ1) is 9.37. The van der Waals surface area contributed by atoms with Gasteiger partial charge in [0, 0.05) is 25.4 Å². The highest BCUT2D eigenvalue weighted by Crippen LogP contribution is 2.23. The number of rotatable bonds is 6. The van der Waals surface area contributed by atoms with E-state index in [9.17, 15) is 13.2 Å². The van der Waals surface area contributed by atoms with Gasteiger partial charge in [0.15, 0.2) is 0 Å². The molecule has 1 aliphatic rings. The van der Waals surface area contributed by atoms with Crippen molar-refractivity contribution in [3.63, 3.8) is 0 Å². The summed E-state index contributed by atoms with van der Waals surface area (Å²) in [5.41, 5.74) is 0. The third kappa shape index (κ3) is 3.94. The van der Waals surface area contributed by atoms with Crippen molar-refractivity contribution in [1.82, 2.24) is 20.1 Å². The van der Waals surface area contributed by atoms with Gasteiger partial charge in [0.25, 0.3) is 0 Å². The predicted octanol–water partition coefficient (Wildman–Crippen LogP) is 3.00. The van der Waals surface area contributed by atoms with E-state index in [0.717, 1.165) is 31.0 Å². The summed E-state index contributed by atoms with van der Waals surface area (Å²) >= 11 is 0. The van der Waals surface area contributed by atoms with Crippen LogP contribution in [0.4, 0.5) is 13.2 Å². The van der Waals surface area contributed by atoms with Gasteiger partial charge in [0.2, 0.25) is 0 Å². The second-order valence-corrected chi connectivity index (χ2v) is 5.53. The molecule has 1 aromatic rings. The standard InChI is InChI=1S/C13H21F3N4/c1-9(5-3-7-13(14,15)16)17-10(2)12-19-18-11-6-4-8-20(11)12/h9-10,17H,3-8H2,1-2H3. The van der Waals surface area contributed by atoms with Crippen molar-refractivity contribution in [3.05, 3.63) is 11.6 Å². The fourth-order valence-corrected chi connectivity index (χ4v) is 2.69. The van der Waals surface area contributed by atoms with Crippen molar-refractivity contribution in [2.45, 2.75) is 70.8 Å². The molecule has 0 saturated carbocycles. The van der Waals surface area contributed by atoms with Crippen LogP contribution < -0.4 is 5.32 Å². The van der Waals surface area contributed by atoms with Crippen LogP contribution in [0.2, 0.25) is 0 Å². The van der Waals surface area contributed by atoms with Crippen LogP contribution >= 0.6 is 0 Å². The Labute approximate surface area is 116 Å². The molecule has 0 amide bonds. The van der Waals surface area contributed by atoms with Gasteiger partial charge in [-0.1, -0.05) is 0 Å². The number of aromatic nitrogens is 3. The first-order valence-corrected chi connectivity index (χ1v) is 7.11. The van der Waals surface area contributed by atoms with Crippen molar-refractivity contribution in [2.24, 2.45) is 0 Å². The van der Waals surface area contributed by atoms with Crippen molar-refractivity contribution in [1.29, 1.82) is 0 Å². The summed E-state index contributed by atoms with van der Waals surface area (Å²) in [6.45, 7) is 4.83. The summed E-state index contributed by atoms with van der Waals surface area (Å²) in [7, 11) is 0. The van der Waals surface area contributed by atoms with Crippen LogP contribution in [0.15, 0.2) is 0 Å². The summed E-state index contributed by atoms with van der Waals surface area (Å²) in [6.07, 6.45) is -2.06. The first kappa shape index (κ1) is 15.3. The number of hydrogen-bond donors (Lipinski definition) is 1. The van der Waals surface area contributed by atoms with E-state index in [0.29, 0.717) is 6.42 Å². The van der Waals surface area contributed by atoms with E-state index in [2.05, 4.69) is 20.1 Å². The Hall–Kier alpha value is -1.11. The van der Waals surface area contributed by atoms with Crippen LogP contribution in [0, 0.1) is 0 Å². The molecule has 0 saturated heterocycles. The van der Waals surface area contributed by atoms with Gasteiger partial charge in [-0.25, -0.2) is 0 Å². The Morgan fingerprint density at radius 3 is 2.75 bits per heavy atom. The van der Waals surface area contributed by atoms with Crippen LogP contribution in [0.1, 0.15) is 57.2 Å². The molecule has 2 unspecified atom stereocenters. The van der Waals surface area contributed by atoms with Crippen molar-refractivity contribution >= 4 is 0 Å². The summed E-state index contributed by atoms with van der Waals surface area (Å²) in [5, 5.41) is 11.6. The number of nitrogens with zero attached hydrogens (tertiary/aromatic N) is 3. The molecule has 1 N–H and O–H groups in total. The molecule has 0 fully saturated rings. The highest BCUT2D eigenvalue weighted by atomic mass is 19.4. The second kappa shape index (κ2) is 6.11. The van der Waals surface area contributed by atoms with Gasteiger partial charge in [-0.05, 0) is 33.1 Å². The van der Waals surface area contributed by atoms with Crippen LogP contribution in [0.3, 0.4) is 0 Å². The number of fused-ring (bicyclic) bond motifs is 1. The Morgan fingerprint density at radius 2 is 2.05 bits per heavy atom. The SMILES string of the molecule is CC(CCCC(F)(F)F)NC(C)c1nnc2n1CCC2. The van der Waals surface area contributed by atoms with Gasteiger partial charge in [0.05, 0.1) is 6.04 Å². The second-order valence-electron chi connectivity index (χ2n) is 5.53. The molecule has 0 aliphatic carbocycles. The molecule has 7 heteroatoms. The summed E-state index contributed by atoms with van der Waals surface area (Å²) in [6, 6.07) is 0.0388. The maximum absolute atomic E-state index is 12.1. The third-order valence-electron chi connectivity index (χ3n) is 3.66. The smallest absolute Gasteiger partial charge is 0.314 e. The fraction of sp³-hybridized carbons (Fsp3) is 0.846. The molecule has 20 heavy (non-hydrogen) atoms. The van der Waals surface area contributed by atoms with Gasteiger partial charge < -0.3 is 9.88 Å². The van der Waals surface area contributed by atoms with E-state index in [1.165, 1.54) is 0 Å². The molecule has 2 heterocycles. The maximum Gasteiger partial charge on any atom is 0.389 e. The summed E-state index contributed by atoms with van der Waals surface area (Å²) in [4.78, 5) is 0. The maximum atomic E-state index is 12.1. The van der Waals surface area contributed by atoms with E-state index in [1.807, 2.05) is 13.8 Å². The molecule has 4 nitrogen and oxygen atoms in total. The molecule has 0 bridgehead atoms. The molecule has 0 aromatic carbocycles. The van der Waals surface area contributed by atoms with E-state index in [-0.39, 0.29) is 18.5 Å². The molecule has 0 radical (unpaired) electrons. The molecule has 2 rings (SSSR count). The van der Waals surface area contributed by atoms with Gasteiger partial charge in [-0.15, -0.1) is 10.2 Å². The molecule has 114 valence electrons. The molecule has 2 atom stereocenters. The normalized spacial score (nSPS) is 18.1. The summed E-state index contributed by atoms with van der Waals surface area (Å²) in [5.74, 6) is 1.90. The van der Waals surface area contributed by atoms with Gasteiger partial charge in [-0.2, -0.15) is 13.2 Å². The zero-order valence-electron chi connectivity index (χ0n) is 11.9. The van der Waals surface area contributed by atoms with E-state index >= 15 is 0 Å². The number of aryl methyl sites for hydroxylation is 1. The molecule has 1 aliphatic heterocycles. The monoisotopic (exact) mass is 290 g/mol. The number of hydrogen-bond acceptors (Lipinski definition) is 3. The molecule has 0 spiro atoms. The van der Waals surface area contributed by atoms with Crippen molar-refractivity contribution < 1.29 is 13.2 Å². The lowest BCUT2D eigenvalue weighted by molar-refractivity contribution is -0.135. The molecule has 1 aromatic heterocycles. The zero-order valence-corrected chi connectivity index (χ0v) is 11.9. The largest absolute Gasteiger partial charge is 0.389 e. The van der Waals surface area contributed by atoms with Crippen LogP contribution in [-0.4, -0.2) is 27.0 Å². The van der Waals surface area contributed by atoms with E-state index < -0.39 is 12.6 Å². The fourth-order valence-electron chi connectivity index (χ4n) is 2.69. The quantitative estimate of drug-likeness (QED) is 0.876. The average Bonchev–Trinajstić information content (AvgIpc) is 2.87. The number of alkyl halides is 3. The highest BCUT2D eigenvalue weighted by molar-refractivity contribution is 5.04. The van der Waals surface area contributed by atoms with Crippen LogP contribution in [-0.2, 0) is 13.0 Å². The lowest BCUT2D eigenvalue weighted by Gasteiger charge is -2.20. The Balaban J connectivity index is 1.80. The minimum absolute atomic E-state index is 0.00948. The lowest BCUT2D eigenvalue weighted by Crippen LogP contribution is -2.31. The molecular weight excluding hydrogens is 269 g/mol. The number of nitrogens with one attached hydrogen (secondary N) is 1. The predicted molar refractivity (Wildman–Crippen MR) is 69.3 cm³/mol. The minimum atomic E-state index is -4.06. The van der Waals surface area contributed by atoms with Gasteiger partial charge in [-0.3, -0.25) is 0 Å². The van der Waals surface area contributed by atoms with Crippen LogP contribution in [0.25, 0.3) is 0 Å². The highest BCUT2D eigenvalue weighted by Gasteiger charge is 2.27.